The van der Waals surface area contributed by atoms with Crippen LogP contribution in [0.1, 0.15) is 36.8 Å². The summed E-state index contributed by atoms with van der Waals surface area (Å²) < 4.78 is 5.69. The molecule has 0 N–H and O–H groups in total. The molecule has 1 aromatic rings. The van der Waals surface area contributed by atoms with E-state index in [4.69, 9.17) is 4.74 Å². The summed E-state index contributed by atoms with van der Waals surface area (Å²) in [4.78, 5) is 14.5. The van der Waals surface area contributed by atoms with Gasteiger partial charge in [0, 0.05) is 12.1 Å². The number of piperidine rings is 1. The highest BCUT2D eigenvalue weighted by atomic mass is 35.5. The van der Waals surface area contributed by atoms with Crippen LogP contribution in [0.25, 0.3) is 0 Å². The van der Waals surface area contributed by atoms with Crippen LogP contribution in [-0.4, -0.2) is 36.1 Å². The second-order valence-electron chi connectivity index (χ2n) is 6.30. The standard InChI is InChI=1S/C17H23NO2.ClH/c1-12-3-5-13(6-4-12)9-17(19)20-16-10-14-7-8-15(11-16)18(14)2;/h3-6,14-16H,7-11H2,1-2H3;1H/t14-,15-;/m0./s1. The number of esters is 1. The SMILES string of the molecule is Cc1ccc(CC(=O)OC2C[C@@H]3CC[C@@H](C2)N3C)cc1.Cl. The summed E-state index contributed by atoms with van der Waals surface area (Å²) >= 11 is 0. The molecule has 0 saturated carbocycles. The highest BCUT2D eigenvalue weighted by molar-refractivity contribution is 5.85. The number of hydrogen-bond acceptors (Lipinski definition) is 3. The van der Waals surface area contributed by atoms with E-state index in [-0.39, 0.29) is 24.5 Å². The average Bonchev–Trinajstić information content (AvgIpc) is 2.64. The van der Waals surface area contributed by atoms with Gasteiger partial charge in [-0.3, -0.25) is 4.79 Å². The first-order chi connectivity index (χ1) is 9.61. The number of aryl methyl sites for hydroxylation is 1. The lowest BCUT2D eigenvalue weighted by Gasteiger charge is -2.35. The fourth-order valence-electron chi connectivity index (χ4n) is 3.56. The molecule has 2 aliphatic rings. The monoisotopic (exact) mass is 309 g/mol. The van der Waals surface area contributed by atoms with E-state index in [9.17, 15) is 4.79 Å². The maximum atomic E-state index is 12.0. The van der Waals surface area contributed by atoms with Crippen molar-refractivity contribution in [1.29, 1.82) is 0 Å². The first-order valence-corrected chi connectivity index (χ1v) is 7.59. The Morgan fingerprint density at radius 2 is 1.76 bits per heavy atom. The summed E-state index contributed by atoms with van der Waals surface area (Å²) in [6, 6.07) is 9.33. The molecule has 116 valence electrons. The van der Waals surface area contributed by atoms with E-state index < -0.39 is 0 Å². The number of fused-ring (bicyclic) bond motifs is 2. The van der Waals surface area contributed by atoms with Gasteiger partial charge < -0.3 is 9.64 Å². The second kappa shape index (κ2) is 6.80. The number of rotatable bonds is 3. The van der Waals surface area contributed by atoms with Crippen molar-refractivity contribution in [2.45, 2.75) is 57.2 Å². The minimum atomic E-state index is -0.0807. The number of benzene rings is 1. The molecule has 4 heteroatoms. The van der Waals surface area contributed by atoms with E-state index in [1.807, 2.05) is 24.3 Å². The predicted octanol–water partition coefficient (Wildman–Crippen LogP) is 3.13. The Balaban J connectivity index is 0.00000161. The van der Waals surface area contributed by atoms with E-state index in [2.05, 4.69) is 18.9 Å². The zero-order valence-corrected chi connectivity index (χ0v) is 13.6. The molecule has 0 aromatic heterocycles. The third kappa shape index (κ3) is 3.78. The molecule has 1 aromatic carbocycles. The van der Waals surface area contributed by atoms with Crippen LogP contribution >= 0.6 is 12.4 Å². The molecule has 0 spiro atoms. The van der Waals surface area contributed by atoms with Crippen molar-refractivity contribution < 1.29 is 9.53 Å². The zero-order chi connectivity index (χ0) is 14.1. The summed E-state index contributed by atoms with van der Waals surface area (Å²) in [5, 5.41) is 0. The molecule has 3 nitrogen and oxygen atoms in total. The number of halogens is 1. The van der Waals surface area contributed by atoms with E-state index in [0.29, 0.717) is 18.5 Å². The van der Waals surface area contributed by atoms with Crippen LogP contribution in [0.4, 0.5) is 0 Å². The molecule has 2 bridgehead atoms. The maximum Gasteiger partial charge on any atom is 0.310 e. The summed E-state index contributed by atoms with van der Waals surface area (Å²) in [7, 11) is 2.20. The van der Waals surface area contributed by atoms with Crippen molar-refractivity contribution in [2.75, 3.05) is 7.05 Å². The van der Waals surface area contributed by atoms with Gasteiger partial charge in [0.05, 0.1) is 6.42 Å². The van der Waals surface area contributed by atoms with Crippen molar-refractivity contribution in [3.63, 3.8) is 0 Å². The van der Waals surface area contributed by atoms with E-state index in [1.165, 1.54) is 18.4 Å². The van der Waals surface area contributed by atoms with Gasteiger partial charge in [0.15, 0.2) is 0 Å². The van der Waals surface area contributed by atoms with Crippen molar-refractivity contribution >= 4 is 18.4 Å². The normalized spacial score (nSPS) is 28.0. The predicted molar refractivity (Wildman–Crippen MR) is 85.8 cm³/mol. The van der Waals surface area contributed by atoms with Gasteiger partial charge >= 0.3 is 5.97 Å². The molecule has 0 amide bonds. The van der Waals surface area contributed by atoms with Crippen molar-refractivity contribution in [2.24, 2.45) is 0 Å². The molecule has 2 heterocycles. The van der Waals surface area contributed by atoms with E-state index in [1.54, 1.807) is 0 Å². The first-order valence-electron chi connectivity index (χ1n) is 7.59. The quantitative estimate of drug-likeness (QED) is 0.803. The lowest BCUT2D eigenvalue weighted by molar-refractivity contribution is -0.151. The summed E-state index contributed by atoms with van der Waals surface area (Å²) in [5.41, 5.74) is 2.26. The number of hydrogen-bond donors (Lipinski definition) is 0. The Labute approximate surface area is 133 Å². The Morgan fingerprint density at radius 3 is 2.33 bits per heavy atom. The average molecular weight is 310 g/mol. The third-order valence-electron chi connectivity index (χ3n) is 4.82. The summed E-state index contributed by atoms with van der Waals surface area (Å²) in [6.07, 6.45) is 5.04. The molecular weight excluding hydrogens is 286 g/mol. The van der Waals surface area contributed by atoms with Gasteiger partial charge in [-0.2, -0.15) is 0 Å². The molecule has 2 atom stereocenters. The van der Waals surface area contributed by atoms with Crippen LogP contribution < -0.4 is 0 Å². The van der Waals surface area contributed by atoms with Crippen LogP contribution in [0, 0.1) is 6.92 Å². The minimum absolute atomic E-state index is 0. The highest BCUT2D eigenvalue weighted by Crippen LogP contribution is 2.35. The smallest absolute Gasteiger partial charge is 0.310 e. The molecule has 3 rings (SSSR count). The fraction of sp³-hybridized carbons (Fsp3) is 0.588. The maximum absolute atomic E-state index is 12.0. The van der Waals surface area contributed by atoms with Gasteiger partial charge in [-0.25, -0.2) is 0 Å². The van der Waals surface area contributed by atoms with Crippen molar-refractivity contribution in [3.8, 4) is 0 Å². The molecule has 2 fully saturated rings. The molecule has 0 radical (unpaired) electrons. The van der Waals surface area contributed by atoms with Crippen LogP contribution in [0.5, 0.6) is 0 Å². The first kappa shape index (κ1) is 16.3. The van der Waals surface area contributed by atoms with Crippen LogP contribution in [0.15, 0.2) is 24.3 Å². The lowest BCUT2D eigenvalue weighted by atomic mass is 10.0. The van der Waals surface area contributed by atoms with Crippen LogP contribution in [0.3, 0.4) is 0 Å². The second-order valence-corrected chi connectivity index (χ2v) is 6.30. The Hall–Kier alpha value is -1.06. The number of carbonyl (C=O) groups is 1. The minimum Gasteiger partial charge on any atom is -0.462 e. The Bertz CT molecular complexity index is 474. The Morgan fingerprint density at radius 1 is 1.19 bits per heavy atom. The van der Waals surface area contributed by atoms with E-state index in [0.717, 1.165) is 18.4 Å². The number of nitrogens with zero attached hydrogens (tertiary/aromatic N) is 1. The van der Waals surface area contributed by atoms with Gasteiger partial charge in [-0.05, 0) is 45.2 Å². The lowest BCUT2D eigenvalue weighted by Crippen LogP contribution is -2.43. The summed E-state index contributed by atoms with van der Waals surface area (Å²) in [6.45, 7) is 2.05. The molecule has 0 aliphatic carbocycles. The van der Waals surface area contributed by atoms with Gasteiger partial charge in [0.1, 0.15) is 6.10 Å². The molecular formula is C17H24ClNO2. The number of ether oxygens (including phenoxy) is 1. The van der Waals surface area contributed by atoms with Crippen molar-refractivity contribution in [3.05, 3.63) is 35.4 Å². The third-order valence-corrected chi connectivity index (χ3v) is 4.82. The Kier molecular flexibility index (Phi) is 5.28. The zero-order valence-electron chi connectivity index (χ0n) is 12.7. The summed E-state index contributed by atoms with van der Waals surface area (Å²) in [5.74, 6) is -0.0807. The highest BCUT2D eigenvalue weighted by Gasteiger charge is 2.39. The van der Waals surface area contributed by atoms with Gasteiger partial charge in [0.2, 0.25) is 0 Å². The fourth-order valence-corrected chi connectivity index (χ4v) is 3.56. The molecule has 21 heavy (non-hydrogen) atoms. The van der Waals surface area contributed by atoms with Crippen LogP contribution in [-0.2, 0) is 16.0 Å². The molecule has 2 aliphatic heterocycles. The molecule has 0 unspecified atom stereocenters. The van der Waals surface area contributed by atoms with Crippen LogP contribution in [0.2, 0.25) is 0 Å². The van der Waals surface area contributed by atoms with E-state index >= 15 is 0 Å². The van der Waals surface area contributed by atoms with Gasteiger partial charge in [-0.15, -0.1) is 12.4 Å². The number of carbonyl (C=O) groups excluding carboxylic acids is 1. The molecule has 2 saturated heterocycles. The largest absolute Gasteiger partial charge is 0.462 e. The van der Waals surface area contributed by atoms with Crippen molar-refractivity contribution in [1.82, 2.24) is 4.90 Å². The van der Waals surface area contributed by atoms with Gasteiger partial charge in [0.25, 0.3) is 0 Å². The van der Waals surface area contributed by atoms with Gasteiger partial charge in [-0.1, -0.05) is 29.8 Å². The topological polar surface area (TPSA) is 29.5 Å².